The molecule has 1 amide bonds. The largest absolute Gasteiger partial charge is 0.444 e. The molecular formula is C16H22F3NO4. The quantitative estimate of drug-likeness (QED) is 0.781. The van der Waals surface area contributed by atoms with Gasteiger partial charge in [0.25, 0.3) is 0 Å². The normalized spacial score (nSPS) is 14.9. The van der Waals surface area contributed by atoms with Gasteiger partial charge >= 0.3 is 12.3 Å². The Morgan fingerprint density at radius 3 is 2.29 bits per heavy atom. The first kappa shape index (κ1) is 20.2. The summed E-state index contributed by atoms with van der Waals surface area (Å²) in [4.78, 5) is 11.5. The van der Waals surface area contributed by atoms with Crippen LogP contribution in [-0.2, 0) is 10.9 Å². The molecule has 0 aliphatic rings. The summed E-state index contributed by atoms with van der Waals surface area (Å²) in [5.41, 5.74) is -1.43. The predicted octanol–water partition coefficient (Wildman–Crippen LogP) is 2.93. The molecule has 0 saturated carbocycles. The van der Waals surface area contributed by atoms with E-state index in [-0.39, 0.29) is 12.1 Å². The van der Waals surface area contributed by atoms with Crippen LogP contribution in [-0.4, -0.2) is 34.6 Å². The average molecular weight is 349 g/mol. The van der Waals surface area contributed by atoms with E-state index in [1.165, 1.54) is 13.0 Å². The van der Waals surface area contributed by atoms with Crippen molar-refractivity contribution in [2.45, 2.75) is 51.7 Å². The van der Waals surface area contributed by atoms with Crippen molar-refractivity contribution in [1.82, 2.24) is 5.32 Å². The topological polar surface area (TPSA) is 78.8 Å². The summed E-state index contributed by atoms with van der Waals surface area (Å²) in [7, 11) is 0. The highest BCUT2D eigenvalue weighted by atomic mass is 19.4. The molecule has 136 valence electrons. The highest BCUT2D eigenvalue weighted by Gasteiger charge is 2.32. The molecule has 1 aromatic rings. The van der Waals surface area contributed by atoms with E-state index in [0.717, 1.165) is 12.1 Å². The molecule has 0 aliphatic carbocycles. The van der Waals surface area contributed by atoms with Crippen molar-refractivity contribution in [2.24, 2.45) is 0 Å². The number of hydrogen-bond acceptors (Lipinski definition) is 4. The number of benzene rings is 1. The van der Waals surface area contributed by atoms with Gasteiger partial charge in [0.05, 0.1) is 5.56 Å². The van der Waals surface area contributed by atoms with Gasteiger partial charge in [0.2, 0.25) is 0 Å². The maximum Gasteiger partial charge on any atom is 0.416 e. The number of hydrogen-bond donors (Lipinski definition) is 3. The number of carbonyl (C=O) groups excluding carboxylic acids is 1. The molecule has 0 aromatic heterocycles. The molecule has 0 radical (unpaired) electrons. The van der Waals surface area contributed by atoms with E-state index in [4.69, 9.17) is 4.74 Å². The second kappa shape index (κ2) is 7.40. The highest BCUT2D eigenvalue weighted by Crippen LogP contribution is 2.32. The SMILES string of the molecule is Cc1cc(C(O)C(O)CNC(=O)OC(C)(C)C)cc(C(F)(F)F)c1. The standard InChI is InChI=1S/C16H22F3NO4/c1-9-5-10(7-11(6-9)16(17,18)19)13(22)12(21)8-20-14(23)24-15(2,3)4/h5-7,12-13,21-22H,8H2,1-4H3,(H,20,23). The van der Waals surface area contributed by atoms with Crippen LogP contribution in [0.4, 0.5) is 18.0 Å². The number of aliphatic hydroxyl groups excluding tert-OH is 2. The number of aryl methyl sites for hydroxylation is 1. The van der Waals surface area contributed by atoms with Gasteiger partial charge in [-0.05, 0) is 45.4 Å². The lowest BCUT2D eigenvalue weighted by atomic mass is 9.99. The predicted molar refractivity (Wildman–Crippen MR) is 81.4 cm³/mol. The highest BCUT2D eigenvalue weighted by molar-refractivity contribution is 5.67. The van der Waals surface area contributed by atoms with Gasteiger partial charge in [-0.2, -0.15) is 13.2 Å². The number of alkyl carbamates (subject to hydrolysis) is 1. The Hall–Kier alpha value is -1.80. The zero-order valence-electron chi connectivity index (χ0n) is 13.9. The lowest BCUT2D eigenvalue weighted by molar-refractivity contribution is -0.137. The van der Waals surface area contributed by atoms with Gasteiger partial charge in [-0.25, -0.2) is 4.79 Å². The Morgan fingerprint density at radius 1 is 1.21 bits per heavy atom. The van der Waals surface area contributed by atoms with Crippen molar-refractivity contribution in [3.63, 3.8) is 0 Å². The molecule has 0 heterocycles. The smallest absolute Gasteiger partial charge is 0.416 e. The average Bonchev–Trinajstić information content (AvgIpc) is 2.40. The fourth-order valence-corrected chi connectivity index (χ4v) is 1.98. The van der Waals surface area contributed by atoms with Crippen molar-refractivity contribution in [2.75, 3.05) is 6.54 Å². The summed E-state index contributed by atoms with van der Waals surface area (Å²) < 4.78 is 43.4. The zero-order valence-corrected chi connectivity index (χ0v) is 13.9. The second-order valence-electron chi connectivity index (χ2n) is 6.53. The summed E-state index contributed by atoms with van der Waals surface area (Å²) in [6.45, 7) is 6.05. The Labute approximate surface area is 138 Å². The number of halogens is 3. The maximum absolute atomic E-state index is 12.8. The van der Waals surface area contributed by atoms with Gasteiger partial charge in [-0.1, -0.05) is 11.6 Å². The van der Waals surface area contributed by atoms with E-state index in [1.54, 1.807) is 20.8 Å². The van der Waals surface area contributed by atoms with Crippen LogP contribution < -0.4 is 5.32 Å². The number of ether oxygens (including phenoxy) is 1. The molecule has 0 fully saturated rings. The van der Waals surface area contributed by atoms with Crippen molar-refractivity contribution < 1.29 is 32.9 Å². The van der Waals surface area contributed by atoms with E-state index in [2.05, 4.69) is 5.32 Å². The van der Waals surface area contributed by atoms with Crippen LogP contribution in [0, 0.1) is 6.92 Å². The molecular weight excluding hydrogens is 327 g/mol. The molecule has 2 atom stereocenters. The molecule has 0 aliphatic heterocycles. The van der Waals surface area contributed by atoms with Crippen molar-refractivity contribution in [3.8, 4) is 0 Å². The Balaban J connectivity index is 2.77. The number of aliphatic hydroxyl groups is 2. The van der Waals surface area contributed by atoms with Crippen molar-refractivity contribution in [1.29, 1.82) is 0 Å². The fourth-order valence-electron chi connectivity index (χ4n) is 1.98. The van der Waals surface area contributed by atoms with E-state index >= 15 is 0 Å². The number of alkyl halides is 3. The minimum atomic E-state index is -4.56. The molecule has 3 N–H and O–H groups in total. The second-order valence-corrected chi connectivity index (χ2v) is 6.53. The fraction of sp³-hybridized carbons (Fsp3) is 0.562. The van der Waals surface area contributed by atoms with Crippen LogP contribution in [0.1, 0.15) is 43.6 Å². The number of carbonyl (C=O) groups is 1. The first-order chi connectivity index (χ1) is 10.8. The first-order valence-corrected chi connectivity index (χ1v) is 7.31. The van der Waals surface area contributed by atoms with Gasteiger partial charge < -0.3 is 20.3 Å². The summed E-state index contributed by atoms with van der Waals surface area (Å²) in [5, 5.41) is 22.2. The Morgan fingerprint density at radius 2 is 1.79 bits per heavy atom. The molecule has 2 unspecified atom stereocenters. The molecule has 5 nitrogen and oxygen atoms in total. The van der Waals surface area contributed by atoms with Crippen LogP contribution in [0.5, 0.6) is 0 Å². The summed E-state index contributed by atoms with van der Waals surface area (Å²) >= 11 is 0. The van der Waals surface area contributed by atoms with Gasteiger partial charge in [-0.15, -0.1) is 0 Å². The van der Waals surface area contributed by atoms with Crippen molar-refractivity contribution in [3.05, 3.63) is 34.9 Å². The van der Waals surface area contributed by atoms with Crippen LogP contribution in [0.2, 0.25) is 0 Å². The summed E-state index contributed by atoms with van der Waals surface area (Å²) in [6, 6.07) is 3.06. The number of amides is 1. The monoisotopic (exact) mass is 349 g/mol. The lowest BCUT2D eigenvalue weighted by Crippen LogP contribution is -2.38. The van der Waals surface area contributed by atoms with Crippen LogP contribution in [0.25, 0.3) is 0 Å². The van der Waals surface area contributed by atoms with Gasteiger partial charge in [0.15, 0.2) is 0 Å². The number of nitrogens with one attached hydrogen (secondary N) is 1. The van der Waals surface area contributed by atoms with E-state index < -0.39 is 35.6 Å². The first-order valence-electron chi connectivity index (χ1n) is 7.31. The van der Waals surface area contributed by atoms with E-state index in [9.17, 15) is 28.2 Å². The van der Waals surface area contributed by atoms with Crippen LogP contribution in [0.3, 0.4) is 0 Å². The molecule has 1 rings (SSSR count). The Kier molecular flexibility index (Phi) is 6.24. The number of rotatable bonds is 4. The zero-order chi connectivity index (χ0) is 18.7. The molecule has 8 heteroatoms. The van der Waals surface area contributed by atoms with Crippen LogP contribution >= 0.6 is 0 Å². The third kappa shape index (κ3) is 6.37. The van der Waals surface area contributed by atoms with Gasteiger partial charge in [0, 0.05) is 6.54 Å². The minimum Gasteiger partial charge on any atom is -0.444 e. The molecule has 24 heavy (non-hydrogen) atoms. The summed E-state index contributed by atoms with van der Waals surface area (Å²) in [6.07, 6.45) is -8.42. The molecule has 0 bridgehead atoms. The molecule has 0 spiro atoms. The minimum absolute atomic E-state index is 0.0826. The van der Waals surface area contributed by atoms with Gasteiger partial charge in [-0.3, -0.25) is 0 Å². The van der Waals surface area contributed by atoms with Crippen LogP contribution in [0.15, 0.2) is 18.2 Å². The van der Waals surface area contributed by atoms with Gasteiger partial charge in [0.1, 0.15) is 17.8 Å². The van der Waals surface area contributed by atoms with Crippen molar-refractivity contribution >= 4 is 6.09 Å². The third-order valence-corrected chi connectivity index (χ3v) is 2.99. The third-order valence-electron chi connectivity index (χ3n) is 2.99. The van der Waals surface area contributed by atoms with E-state index in [0.29, 0.717) is 5.56 Å². The molecule has 1 aromatic carbocycles. The maximum atomic E-state index is 12.8. The van der Waals surface area contributed by atoms with E-state index in [1.807, 2.05) is 0 Å². The summed E-state index contributed by atoms with van der Waals surface area (Å²) in [5.74, 6) is 0. The lowest BCUT2D eigenvalue weighted by Gasteiger charge is -2.23. The Bertz CT molecular complexity index is 582. The molecule has 0 saturated heterocycles.